The number of benzene rings is 1. The van der Waals surface area contributed by atoms with Gasteiger partial charge in [-0.05, 0) is 43.2 Å². The zero-order valence-corrected chi connectivity index (χ0v) is 22.5. The van der Waals surface area contributed by atoms with Gasteiger partial charge in [-0.3, -0.25) is 9.36 Å². The Morgan fingerprint density at radius 1 is 1.06 bits per heavy atom. The third-order valence-corrected chi connectivity index (χ3v) is 8.26. The molecular formula is C23H38NO6PS. The standard InChI is InChI=1S/C23H38NO6PS/c1-10-27-20(25)19(31(26,28-11-2)29-12-3)23(32)24-17-14-15(21(4,5)6)13-16(18(17)30-23)22(7,8)9/h13-14,19,24,32H,10-12H2,1-9H3. The number of thiol groups is 1. The summed E-state index contributed by atoms with van der Waals surface area (Å²) in [6, 6.07) is 4.10. The number of hydrogen-bond acceptors (Lipinski definition) is 8. The number of hydrogen-bond donors (Lipinski definition) is 2. The van der Waals surface area contributed by atoms with Crippen LogP contribution in [-0.2, 0) is 34.0 Å². The lowest BCUT2D eigenvalue weighted by molar-refractivity contribution is -0.145. The van der Waals surface area contributed by atoms with E-state index in [2.05, 4.69) is 52.9 Å². The molecule has 2 rings (SSSR count). The lowest BCUT2D eigenvalue weighted by Gasteiger charge is -2.34. The van der Waals surface area contributed by atoms with Gasteiger partial charge >= 0.3 is 13.6 Å². The molecule has 1 heterocycles. The quantitative estimate of drug-likeness (QED) is 0.270. The van der Waals surface area contributed by atoms with E-state index < -0.39 is 24.3 Å². The molecule has 0 aliphatic carbocycles. The second-order valence-corrected chi connectivity index (χ2v) is 12.6. The first-order valence-corrected chi connectivity index (χ1v) is 13.1. The molecule has 1 N–H and O–H groups in total. The van der Waals surface area contributed by atoms with Crippen molar-refractivity contribution in [3.8, 4) is 5.75 Å². The van der Waals surface area contributed by atoms with E-state index in [0.29, 0.717) is 11.4 Å². The van der Waals surface area contributed by atoms with Crippen molar-refractivity contribution in [1.29, 1.82) is 0 Å². The van der Waals surface area contributed by atoms with E-state index in [0.717, 1.165) is 11.1 Å². The third kappa shape index (κ3) is 5.46. The van der Waals surface area contributed by atoms with Crippen LogP contribution in [0.15, 0.2) is 12.1 Å². The lowest BCUT2D eigenvalue weighted by atomic mass is 9.80. The molecule has 9 heteroatoms. The van der Waals surface area contributed by atoms with E-state index in [1.807, 2.05) is 6.07 Å². The molecule has 1 aliphatic heterocycles. The smallest absolute Gasteiger partial charge is 0.352 e. The SMILES string of the molecule is CCOC(=O)C(C1(S)Nc2cc(C(C)(C)C)cc(C(C)(C)C)c2O1)P(=O)(OCC)OCC. The summed E-state index contributed by atoms with van der Waals surface area (Å²) in [5.74, 6) is -0.198. The highest BCUT2D eigenvalue weighted by atomic mass is 32.1. The van der Waals surface area contributed by atoms with Gasteiger partial charge in [0.15, 0.2) is 5.75 Å². The third-order valence-electron chi connectivity index (χ3n) is 5.15. The first-order valence-electron chi connectivity index (χ1n) is 11.1. The Balaban J connectivity index is 2.68. The van der Waals surface area contributed by atoms with Crippen LogP contribution in [-0.4, -0.2) is 36.5 Å². The maximum Gasteiger partial charge on any atom is 0.352 e. The van der Waals surface area contributed by atoms with Crippen LogP contribution >= 0.6 is 20.2 Å². The van der Waals surface area contributed by atoms with Crippen LogP contribution in [0.3, 0.4) is 0 Å². The summed E-state index contributed by atoms with van der Waals surface area (Å²) in [5, 5.41) is 1.52. The number of fused-ring (bicyclic) bond motifs is 1. The molecule has 0 fully saturated rings. The number of esters is 1. The van der Waals surface area contributed by atoms with Gasteiger partial charge in [-0.1, -0.05) is 47.6 Å². The summed E-state index contributed by atoms with van der Waals surface area (Å²) in [6.07, 6.45) is 0. The highest BCUT2D eigenvalue weighted by Crippen LogP contribution is 2.61. The molecule has 0 amide bonds. The number of rotatable bonds is 8. The zero-order valence-electron chi connectivity index (χ0n) is 20.7. The van der Waals surface area contributed by atoms with Crippen LogP contribution in [0.25, 0.3) is 0 Å². The molecule has 182 valence electrons. The Labute approximate surface area is 197 Å². The first kappa shape index (κ1) is 27.0. The molecule has 0 aromatic heterocycles. The van der Waals surface area contributed by atoms with Gasteiger partial charge in [0.2, 0.25) is 5.66 Å². The van der Waals surface area contributed by atoms with Gasteiger partial charge < -0.3 is 23.8 Å². The minimum absolute atomic E-state index is 0.0887. The minimum atomic E-state index is -4.00. The Bertz CT molecular complexity index is 882. The summed E-state index contributed by atoms with van der Waals surface area (Å²) < 4.78 is 36.4. The van der Waals surface area contributed by atoms with Crippen molar-refractivity contribution in [2.24, 2.45) is 0 Å². The van der Waals surface area contributed by atoms with Crippen LogP contribution in [0, 0.1) is 0 Å². The fourth-order valence-electron chi connectivity index (χ4n) is 3.59. The van der Waals surface area contributed by atoms with Gasteiger partial charge in [0.05, 0.1) is 25.5 Å². The van der Waals surface area contributed by atoms with Crippen LogP contribution in [0.5, 0.6) is 5.75 Å². The first-order chi connectivity index (χ1) is 14.6. The molecule has 0 spiro atoms. The van der Waals surface area contributed by atoms with E-state index in [1.165, 1.54) is 0 Å². The molecule has 2 atom stereocenters. The summed E-state index contributed by atoms with van der Waals surface area (Å²) in [4.78, 5) is 13.1. The molecule has 0 bridgehead atoms. The lowest BCUT2D eigenvalue weighted by Crippen LogP contribution is -2.51. The molecule has 7 nitrogen and oxygen atoms in total. The Kier molecular flexibility index (Phi) is 8.09. The van der Waals surface area contributed by atoms with Gasteiger partial charge in [0.25, 0.3) is 5.06 Å². The van der Waals surface area contributed by atoms with Crippen LogP contribution < -0.4 is 10.1 Å². The second kappa shape index (κ2) is 9.57. The molecule has 1 aliphatic rings. The molecule has 1 aromatic rings. The van der Waals surface area contributed by atoms with Crippen molar-refractivity contribution in [2.45, 2.75) is 83.9 Å². The molecule has 0 radical (unpaired) electrons. The van der Waals surface area contributed by atoms with Crippen molar-refractivity contribution >= 4 is 31.9 Å². The normalized spacial score (nSPS) is 19.7. The van der Waals surface area contributed by atoms with Gasteiger partial charge in [0, 0.05) is 5.56 Å². The van der Waals surface area contributed by atoms with E-state index in [-0.39, 0.29) is 30.7 Å². The number of carbonyl (C=O) groups excluding carboxylic acids is 1. The monoisotopic (exact) mass is 487 g/mol. The number of ether oxygens (including phenoxy) is 2. The average Bonchev–Trinajstić information content (AvgIpc) is 2.95. The molecule has 0 saturated heterocycles. The van der Waals surface area contributed by atoms with Crippen molar-refractivity contribution in [1.82, 2.24) is 0 Å². The topological polar surface area (TPSA) is 83.1 Å². The van der Waals surface area contributed by atoms with Crippen LogP contribution in [0.1, 0.15) is 73.4 Å². The summed E-state index contributed by atoms with van der Waals surface area (Å²) in [7, 11) is -4.00. The number of anilines is 1. The van der Waals surface area contributed by atoms with Crippen LogP contribution in [0.2, 0.25) is 0 Å². The minimum Gasteiger partial charge on any atom is -0.465 e. The molecule has 2 unspecified atom stereocenters. The van der Waals surface area contributed by atoms with Crippen molar-refractivity contribution in [3.05, 3.63) is 23.3 Å². The molecule has 0 saturated carbocycles. The predicted octanol–water partition coefficient (Wildman–Crippen LogP) is 5.87. The predicted molar refractivity (Wildman–Crippen MR) is 131 cm³/mol. The maximum absolute atomic E-state index is 13.8. The number of nitrogens with one attached hydrogen (secondary N) is 1. The Hall–Kier alpha value is -1.21. The Morgan fingerprint density at radius 2 is 1.62 bits per heavy atom. The largest absolute Gasteiger partial charge is 0.465 e. The highest BCUT2D eigenvalue weighted by Gasteiger charge is 2.60. The van der Waals surface area contributed by atoms with Gasteiger partial charge in [0.1, 0.15) is 0 Å². The Morgan fingerprint density at radius 3 is 2.06 bits per heavy atom. The van der Waals surface area contributed by atoms with Gasteiger partial charge in [-0.2, -0.15) is 0 Å². The van der Waals surface area contributed by atoms with Crippen molar-refractivity contribution in [2.75, 3.05) is 25.1 Å². The molecule has 1 aromatic carbocycles. The van der Waals surface area contributed by atoms with E-state index >= 15 is 0 Å². The maximum atomic E-state index is 13.8. The molecular weight excluding hydrogens is 449 g/mol. The van der Waals surface area contributed by atoms with Gasteiger partial charge in [-0.15, -0.1) is 12.6 Å². The summed E-state index contributed by atoms with van der Waals surface area (Å²) >= 11 is 4.72. The van der Waals surface area contributed by atoms with Crippen LogP contribution in [0.4, 0.5) is 5.69 Å². The van der Waals surface area contributed by atoms with E-state index in [1.54, 1.807) is 20.8 Å². The molecule has 32 heavy (non-hydrogen) atoms. The fourth-order valence-corrected chi connectivity index (χ4v) is 6.30. The van der Waals surface area contributed by atoms with Gasteiger partial charge in [-0.25, -0.2) is 0 Å². The van der Waals surface area contributed by atoms with E-state index in [4.69, 9.17) is 31.2 Å². The highest BCUT2D eigenvalue weighted by molar-refractivity contribution is 7.82. The van der Waals surface area contributed by atoms with Crippen molar-refractivity contribution in [3.63, 3.8) is 0 Å². The van der Waals surface area contributed by atoms with E-state index in [9.17, 15) is 9.36 Å². The summed E-state index contributed by atoms with van der Waals surface area (Å²) in [5.41, 5.74) is 0.900. The van der Waals surface area contributed by atoms with Crippen molar-refractivity contribution < 1.29 is 27.9 Å². The number of carbonyl (C=O) groups is 1. The summed E-state index contributed by atoms with van der Waals surface area (Å²) in [6.45, 7) is 18.0. The second-order valence-electron chi connectivity index (χ2n) is 9.85. The fraction of sp³-hybridized carbons (Fsp3) is 0.696. The zero-order chi connectivity index (χ0) is 24.5. The average molecular weight is 488 g/mol.